The molecule has 132 valence electrons. The van der Waals surface area contributed by atoms with Crippen molar-refractivity contribution < 1.29 is 14.3 Å². The number of rotatable bonds is 6. The van der Waals surface area contributed by atoms with E-state index in [2.05, 4.69) is 15.5 Å². The molecule has 0 bridgehead atoms. The number of piperazine rings is 1. The maximum atomic E-state index is 12.3. The highest BCUT2D eigenvalue weighted by molar-refractivity contribution is 5.81. The van der Waals surface area contributed by atoms with Gasteiger partial charge in [0.05, 0.1) is 12.6 Å². The summed E-state index contributed by atoms with van der Waals surface area (Å²) in [4.78, 5) is 28.3. The molecule has 1 aliphatic carbocycles. The summed E-state index contributed by atoms with van der Waals surface area (Å²) < 4.78 is 4.92. The van der Waals surface area contributed by atoms with E-state index in [-0.39, 0.29) is 18.0 Å². The molecule has 1 saturated carbocycles. The summed E-state index contributed by atoms with van der Waals surface area (Å²) in [5.41, 5.74) is 0. The van der Waals surface area contributed by atoms with E-state index in [0.717, 1.165) is 25.9 Å². The van der Waals surface area contributed by atoms with Gasteiger partial charge in [-0.1, -0.05) is 12.8 Å². The number of carbonyl (C=O) groups is 2. The molecule has 0 aromatic carbocycles. The Balaban J connectivity index is 1.70. The molecule has 23 heavy (non-hydrogen) atoms. The van der Waals surface area contributed by atoms with Gasteiger partial charge in [-0.15, -0.1) is 0 Å². The second-order valence-electron chi connectivity index (χ2n) is 6.41. The maximum Gasteiger partial charge on any atom is 0.317 e. The predicted molar refractivity (Wildman–Crippen MR) is 88.3 cm³/mol. The van der Waals surface area contributed by atoms with Crippen molar-refractivity contribution in [2.75, 3.05) is 46.4 Å². The highest BCUT2D eigenvalue weighted by Gasteiger charge is 2.28. The fraction of sp³-hybridized carbons (Fsp3) is 0.875. The Morgan fingerprint density at radius 3 is 2.43 bits per heavy atom. The van der Waals surface area contributed by atoms with Crippen LogP contribution in [-0.2, 0) is 9.53 Å². The maximum absolute atomic E-state index is 12.3. The van der Waals surface area contributed by atoms with E-state index >= 15 is 0 Å². The van der Waals surface area contributed by atoms with Crippen LogP contribution in [0.15, 0.2) is 0 Å². The molecule has 7 heteroatoms. The third-order valence-corrected chi connectivity index (χ3v) is 4.81. The average molecular weight is 326 g/mol. The van der Waals surface area contributed by atoms with Crippen LogP contribution in [0.3, 0.4) is 0 Å². The van der Waals surface area contributed by atoms with E-state index in [0.29, 0.717) is 32.3 Å². The highest BCUT2D eigenvalue weighted by Crippen LogP contribution is 2.18. The molecule has 1 atom stereocenters. The number of amides is 3. The van der Waals surface area contributed by atoms with Gasteiger partial charge in [0.2, 0.25) is 5.91 Å². The molecular formula is C16H30N4O3. The predicted octanol–water partition coefficient (Wildman–Crippen LogP) is 0.407. The first-order chi connectivity index (χ1) is 11.1. The summed E-state index contributed by atoms with van der Waals surface area (Å²) in [6.07, 6.45) is 4.65. The molecular weight excluding hydrogens is 296 g/mol. The number of hydrogen-bond acceptors (Lipinski definition) is 4. The largest absolute Gasteiger partial charge is 0.383 e. The monoisotopic (exact) mass is 326 g/mol. The van der Waals surface area contributed by atoms with E-state index in [9.17, 15) is 9.59 Å². The molecule has 1 heterocycles. The Bertz CT molecular complexity index is 391. The van der Waals surface area contributed by atoms with Crippen molar-refractivity contribution in [2.24, 2.45) is 0 Å². The Labute approximate surface area is 138 Å². The number of urea groups is 1. The quantitative estimate of drug-likeness (QED) is 0.693. The van der Waals surface area contributed by atoms with Crippen molar-refractivity contribution in [3.8, 4) is 0 Å². The summed E-state index contributed by atoms with van der Waals surface area (Å²) >= 11 is 0. The second-order valence-corrected chi connectivity index (χ2v) is 6.41. The van der Waals surface area contributed by atoms with Crippen LogP contribution in [0.5, 0.6) is 0 Å². The van der Waals surface area contributed by atoms with E-state index in [1.54, 1.807) is 12.0 Å². The molecule has 3 amide bonds. The van der Waals surface area contributed by atoms with Gasteiger partial charge < -0.3 is 20.3 Å². The van der Waals surface area contributed by atoms with Crippen LogP contribution in [-0.4, -0.2) is 80.3 Å². The molecule has 2 aliphatic rings. The normalized spacial score (nSPS) is 21.2. The zero-order valence-electron chi connectivity index (χ0n) is 14.3. The molecule has 1 saturated heterocycles. The highest BCUT2D eigenvalue weighted by atomic mass is 16.5. The molecule has 0 aromatic rings. The van der Waals surface area contributed by atoms with Crippen molar-refractivity contribution in [3.05, 3.63) is 0 Å². The standard InChI is InChI=1S/C16H30N4O3/c1-13(15(21)18-14-5-3-4-6-14)19-8-10-20(11-9-19)16(22)17-7-12-23-2/h13-14H,3-12H2,1-2H3,(H,17,22)(H,18,21)/t13-/m1/s1. The number of nitrogens with one attached hydrogen (secondary N) is 2. The molecule has 0 spiro atoms. The van der Waals surface area contributed by atoms with Crippen molar-refractivity contribution in [3.63, 3.8) is 0 Å². The first-order valence-electron chi connectivity index (χ1n) is 8.68. The number of carbonyl (C=O) groups excluding carboxylic acids is 2. The number of ether oxygens (including phenoxy) is 1. The Kier molecular flexibility index (Phi) is 7.11. The second kappa shape index (κ2) is 9.08. The van der Waals surface area contributed by atoms with Crippen LogP contribution in [0, 0.1) is 0 Å². The van der Waals surface area contributed by atoms with Gasteiger partial charge in [-0.2, -0.15) is 0 Å². The molecule has 2 N–H and O–H groups in total. The third-order valence-electron chi connectivity index (χ3n) is 4.81. The minimum absolute atomic E-state index is 0.0511. The number of nitrogens with zero attached hydrogens (tertiary/aromatic N) is 2. The van der Waals surface area contributed by atoms with E-state index in [1.165, 1.54) is 12.8 Å². The van der Waals surface area contributed by atoms with Gasteiger partial charge >= 0.3 is 6.03 Å². The van der Waals surface area contributed by atoms with Crippen LogP contribution < -0.4 is 10.6 Å². The molecule has 0 aromatic heterocycles. The van der Waals surface area contributed by atoms with Crippen LogP contribution in [0.25, 0.3) is 0 Å². The summed E-state index contributed by atoms with van der Waals surface area (Å²) in [5.74, 6) is 0.120. The van der Waals surface area contributed by atoms with Crippen LogP contribution in [0.4, 0.5) is 4.79 Å². The van der Waals surface area contributed by atoms with Gasteiger partial charge in [0.1, 0.15) is 0 Å². The SMILES string of the molecule is COCCNC(=O)N1CCN([C@H](C)C(=O)NC2CCCC2)CC1. The van der Waals surface area contributed by atoms with Gasteiger partial charge in [-0.3, -0.25) is 9.69 Å². The lowest BCUT2D eigenvalue weighted by Crippen LogP contribution is -2.57. The zero-order chi connectivity index (χ0) is 16.7. The number of hydrogen-bond donors (Lipinski definition) is 2. The van der Waals surface area contributed by atoms with Crippen LogP contribution >= 0.6 is 0 Å². The van der Waals surface area contributed by atoms with Gasteiger partial charge in [0.15, 0.2) is 0 Å². The lowest BCUT2D eigenvalue weighted by Gasteiger charge is -2.37. The molecule has 1 aliphatic heterocycles. The minimum atomic E-state index is -0.130. The fourth-order valence-corrected chi connectivity index (χ4v) is 3.24. The molecule has 2 fully saturated rings. The van der Waals surface area contributed by atoms with Crippen molar-refractivity contribution >= 4 is 11.9 Å². The molecule has 7 nitrogen and oxygen atoms in total. The van der Waals surface area contributed by atoms with Crippen LogP contribution in [0.2, 0.25) is 0 Å². The Morgan fingerprint density at radius 1 is 1.17 bits per heavy atom. The first-order valence-corrected chi connectivity index (χ1v) is 8.68. The lowest BCUT2D eigenvalue weighted by atomic mass is 10.2. The van der Waals surface area contributed by atoms with Crippen molar-refractivity contribution in [2.45, 2.75) is 44.7 Å². The Morgan fingerprint density at radius 2 is 1.83 bits per heavy atom. The topological polar surface area (TPSA) is 73.9 Å². The van der Waals surface area contributed by atoms with Crippen LogP contribution in [0.1, 0.15) is 32.6 Å². The minimum Gasteiger partial charge on any atom is -0.383 e. The van der Waals surface area contributed by atoms with Crippen molar-refractivity contribution in [1.82, 2.24) is 20.4 Å². The summed E-state index contributed by atoms with van der Waals surface area (Å²) in [7, 11) is 1.61. The smallest absolute Gasteiger partial charge is 0.317 e. The van der Waals surface area contributed by atoms with E-state index in [4.69, 9.17) is 4.74 Å². The molecule has 0 unspecified atom stereocenters. The Hall–Kier alpha value is -1.34. The summed E-state index contributed by atoms with van der Waals surface area (Å²) in [5, 5.41) is 5.99. The van der Waals surface area contributed by atoms with Crippen molar-refractivity contribution in [1.29, 1.82) is 0 Å². The molecule has 2 rings (SSSR count). The summed E-state index contributed by atoms with van der Waals surface area (Å²) in [6.45, 7) is 5.77. The van der Waals surface area contributed by atoms with Gasteiger partial charge in [-0.25, -0.2) is 4.79 Å². The van der Waals surface area contributed by atoms with Gasteiger partial charge in [0.25, 0.3) is 0 Å². The summed E-state index contributed by atoms with van der Waals surface area (Å²) in [6, 6.07) is 0.178. The van der Waals surface area contributed by atoms with E-state index in [1.807, 2.05) is 6.92 Å². The lowest BCUT2D eigenvalue weighted by molar-refractivity contribution is -0.127. The first kappa shape index (κ1) is 18.0. The third kappa shape index (κ3) is 5.35. The molecule has 0 radical (unpaired) electrons. The average Bonchev–Trinajstić information content (AvgIpc) is 3.07. The van der Waals surface area contributed by atoms with Gasteiger partial charge in [0, 0.05) is 45.9 Å². The fourth-order valence-electron chi connectivity index (χ4n) is 3.24. The zero-order valence-corrected chi connectivity index (χ0v) is 14.3. The number of methoxy groups -OCH3 is 1. The van der Waals surface area contributed by atoms with E-state index < -0.39 is 0 Å². The van der Waals surface area contributed by atoms with Gasteiger partial charge in [-0.05, 0) is 19.8 Å².